The summed E-state index contributed by atoms with van der Waals surface area (Å²) in [5.74, 6) is 1.53. The van der Waals surface area contributed by atoms with Crippen molar-refractivity contribution in [3.63, 3.8) is 0 Å². The largest absolute Gasteiger partial charge is 0.188 e. The average Bonchev–Trinajstić information content (AvgIpc) is 2.84. The molecule has 0 N–H and O–H groups in total. The van der Waals surface area contributed by atoms with E-state index in [2.05, 4.69) is 124 Å². The van der Waals surface area contributed by atoms with Crippen LogP contribution in [0.25, 0.3) is 0 Å². The zero-order valence-electron chi connectivity index (χ0n) is 22.9. The molecule has 0 radical (unpaired) electrons. The highest BCUT2D eigenvalue weighted by molar-refractivity contribution is 5.66. The molecule has 0 saturated heterocycles. The minimum Gasteiger partial charge on any atom is -0.188 e. The molecule has 0 aliphatic rings. The topological polar surface area (TPSA) is 49.4 Å². The van der Waals surface area contributed by atoms with E-state index in [4.69, 9.17) is 0 Å². The monoisotopic (exact) mass is 478 g/mol. The number of para-hydroxylation sites is 2. The van der Waals surface area contributed by atoms with E-state index in [1.807, 2.05) is 24.3 Å². The summed E-state index contributed by atoms with van der Waals surface area (Å²) in [4.78, 5) is 18.1. The third kappa shape index (κ3) is 6.76. The van der Waals surface area contributed by atoms with Crippen LogP contribution in [0, 0.1) is 0 Å². The SMILES string of the molecule is CC(C)c1cccc(C(C)C)c1N=C=Nc1ccc(N=C=Nc2c(C(C)C)cccc2C(C)C)cc1. The van der Waals surface area contributed by atoms with Gasteiger partial charge in [-0.2, -0.15) is 20.0 Å². The summed E-state index contributed by atoms with van der Waals surface area (Å²) in [6.45, 7) is 17.5. The molecule has 4 heteroatoms. The smallest absolute Gasteiger partial charge is 0.100 e. The van der Waals surface area contributed by atoms with E-state index < -0.39 is 0 Å². The molecule has 0 bridgehead atoms. The Bertz CT molecular complexity index is 1140. The summed E-state index contributed by atoms with van der Waals surface area (Å²) < 4.78 is 0. The molecule has 0 saturated carbocycles. The van der Waals surface area contributed by atoms with Gasteiger partial charge in [-0.3, -0.25) is 0 Å². The molecule has 0 heterocycles. The Balaban J connectivity index is 1.85. The predicted octanol–water partition coefficient (Wildman–Crippen LogP) is 10.5. The zero-order chi connectivity index (χ0) is 26.2. The van der Waals surface area contributed by atoms with E-state index in [1.165, 1.54) is 22.3 Å². The lowest BCUT2D eigenvalue weighted by Crippen LogP contribution is -1.94. The summed E-state index contributed by atoms with van der Waals surface area (Å²) in [6.07, 6.45) is 0. The number of rotatable bonds is 8. The summed E-state index contributed by atoms with van der Waals surface area (Å²) in [7, 11) is 0. The normalized spacial score (nSPS) is 11.0. The van der Waals surface area contributed by atoms with Crippen molar-refractivity contribution in [1.29, 1.82) is 0 Å². The molecule has 0 fully saturated rings. The fraction of sp³-hybridized carbons (Fsp3) is 0.375. The molecule has 3 aromatic carbocycles. The Labute approximate surface area is 216 Å². The molecule has 186 valence electrons. The van der Waals surface area contributed by atoms with Gasteiger partial charge < -0.3 is 0 Å². The van der Waals surface area contributed by atoms with Gasteiger partial charge in [0, 0.05) is 0 Å². The number of hydrogen-bond donors (Lipinski definition) is 0. The van der Waals surface area contributed by atoms with Crippen LogP contribution in [0.2, 0.25) is 0 Å². The maximum atomic E-state index is 4.63. The standard InChI is InChI=1S/C32H38N4/c1-21(2)27-11-9-12-28(22(3)4)31(27)35-19-33-25-15-17-26(18-16-25)34-20-36-32-29(23(5)6)13-10-14-30(32)24(7)8/h9-18,21-24H,1-8H3. The first-order valence-electron chi connectivity index (χ1n) is 12.9. The lowest BCUT2D eigenvalue weighted by Gasteiger charge is -2.15. The minimum absolute atomic E-state index is 0.382. The van der Waals surface area contributed by atoms with Gasteiger partial charge in [0.2, 0.25) is 0 Å². The van der Waals surface area contributed by atoms with Crippen molar-refractivity contribution in [3.8, 4) is 0 Å². The van der Waals surface area contributed by atoms with Crippen molar-refractivity contribution < 1.29 is 0 Å². The van der Waals surface area contributed by atoms with E-state index in [0.717, 1.165) is 22.7 Å². The van der Waals surface area contributed by atoms with Gasteiger partial charge in [-0.25, -0.2) is 0 Å². The number of benzene rings is 3. The van der Waals surface area contributed by atoms with Crippen molar-refractivity contribution in [2.24, 2.45) is 20.0 Å². The Hall–Kier alpha value is -3.58. The second-order valence-corrected chi connectivity index (χ2v) is 10.4. The molecule has 0 atom stereocenters. The van der Waals surface area contributed by atoms with Crippen LogP contribution in [0.4, 0.5) is 22.7 Å². The van der Waals surface area contributed by atoms with Crippen molar-refractivity contribution in [1.82, 2.24) is 0 Å². The molecule has 0 aromatic heterocycles. The van der Waals surface area contributed by atoms with Gasteiger partial charge >= 0.3 is 0 Å². The van der Waals surface area contributed by atoms with Gasteiger partial charge in [0.15, 0.2) is 0 Å². The summed E-state index contributed by atoms with van der Waals surface area (Å²) in [6, 6.07) is 26.2. The molecule has 0 aliphatic heterocycles. The van der Waals surface area contributed by atoms with Crippen molar-refractivity contribution in [2.75, 3.05) is 0 Å². The zero-order valence-corrected chi connectivity index (χ0v) is 22.9. The van der Waals surface area contributed by atoms with E-state index in [-0.39, 0.29) is 0 Å². The van der Waals surface area contributed by atoms with Crippen LogP contribution < -0.4 is 0 Å². The highest BCUT2D eigenvalue weighted by Crippen LogP contribution is 2.35. The Morgan fingerprint density at radius 3 is 0.944 bits per heavy atom. The van der Waals surface area contributed by atoms with E-state index in [0.29, 0.717) is 23.7 Å². The Morgan fingerprint density at radius 2 is 0.694 bits per heavy atom. The van der Waals surface area contributed by atoms with Crippen LogP contribution in [0.5, 0.6) is 0 Å². The Morgan fingerprint density at radius 1 is 0.417 bits per heavy atom. The van der Waals surface area contributed by atoms with Crippen molar-refractivity contribution in [3.05, 3.63) is 82.9 Å². The highest BCUT2D eigenvalue weighted by Gasteiger charge is 2.13. The summed E-state index contributed by atoms with van der Waals surface area (Å²) >= 11 is 0. The molecular formula is C32H38N4. The van der Waals surface area contributed by atoms with Crippen LogP contribution >= 0.6 is 0 Å². The van der Waals surface area contributed by atoms with E-state index in [9.17, 15) is 0 Å². The highest BCUT2D eigenvalue weighted by atomic mass is 14.8. The first kappa shape index (κ1) is 27.0. The van der Waals surface area contributed by atoms with Gasteiger partial charge in [-0.15, -0.1) is 0 Å². The number of nitrogens with zero attached hydrogens (tertiary/aromatic N) is 4. The van der Waals surface area contributed by atoms with E-state index in [1.54, 1.807) is 0 Å². The Kier molecular flexibility index (Phi) is 9.31. The lowest BCUT2D eigenvalue weighted by atomic mass is 9.93. The first-order chi connectivity index (χ1) is 17.2. The maximum Gasteiger partial charge on any atom is 0.100 e. The van der Waals surface area contributed by atoms with Gasteiger partial charge in [0.25, 0.3) is 0 Å². The molecule has 0 amide bonds. The molecule has 0 unspecified atom stereocenters. The van der Waals surface area contributed by atoms with Crippen LogP contribution in [0.15, 0.2) is 80.6 Å². The second-order valence-electron chi connectivity index (χ2n) is 10.4. The molecule has 0 aliphatic carbocycles. The van der Waals surface area contributed by atoms with Crippen LogP contribution in [0.1, 0.15) is 101 Å². The predicted molar refractivity (Wildman–Crippen MR) is 154 cm³/mol. The molecule has 3 rings (SSSR count). The fourth-order valence-electron chi connectivity index (χ4n) is 4.15. The van der Waals surface area contributed by atoms with Gasteiger partial charge in [0.1, 0.15) is 12.0 Å². The second kappa shape index (κ2) is 12.4. The van der Waals surface area contributed by atoms with Gasteiger partial charge in [0.05, 0.1) is 22.7 Å². The third-order valence-corrected chi connectivity index (χ3v) is 6.22. The summed E-state index contributed by atoms with van der Waals surface area (Å²) in [5.41, 5.74) is 8.36. The van der Waals surface area contributed by atoms with Crippen LogP contribution in [0.3, 0.4) is 0 Å². The molecule has 36 heavy (non-hydrogen) atoms. The van der Waals surface area contributed by atoms with Gasteiger partial charge in [-0.1, -0.05) is 91.8 Å². The average molecular weight is 479 g/mol. The molecule has 0 spiro atoms. The molecular weight excluding hydrogens is 440 g/mol. The molecule has 3 aromatic rings. The lowest BCUT2D eigenvalue weighted by molar-refractivity contribution is 0.835. The van der Waals surface area contributed by atoms with Crippen LogP contribution in [-0.2, 0) is 0 Å². The fourth-order valence-corrected chi connectivity index (χ4v) is 4.15. The van der Waals surface area contributed by atoms with Gasteiger partial charge in [-0.05, 0) is 70.2 Å². The quantitative estimate of drug-likeness (QED) is 0.289. The maximum absolute atomic E-state index is 4.63. The third-order valence-electron chi connectivity index (χ3n) is 6.22. The number of hydrogen-bond acceptors (Lipinski definition) is 4. The van der Waals surface area contributed by atoms with E-state index >= 15 is 0 Å². The van der Waals surface area contributed by atoms with Crippen LogP contribution in [-0.4, -0.2) is 12.0 Å². The minimum atomic E-state index is 0.382. The first-order valence-corrected chi connectivity index (χ1v) is 12.9. The summed E-state index contributed by atoms with van der Waals surface area (Å²) in [5, 5.41) is 0. The number of aliphatic imine (C=N–C) groups is 4. The molecule has 4 nitrogen and oxygen atoms in total. The van der Waals surface area contributed by atoms with Crippen molar-refractivity contribution >= 4 is 34.8 Å². The van der Waals surface area contributed by atoms with Crippen molar-refractivity contribution in [2.45, 2.75) is 79.1 Å².